The van der Waals surface area contributed by atoms with Gasteiger partial charge in [0.25, 0.3) is 5.91 Å². The lowest BCUT2D eigenvalue weighted by Gasteiger charge is -2.18. The van der Waals surface area contributed by atoms with E-state index in [1.54, 1.807) is 43.0 Å². The van der Waals surface area contributed by atoms with Gasteiger partial charge in [-0.1, -0.05) is 19.1 Å². The highest BCUT2D eigenvalue weighted by molar-refractivity contribution is 5.95. The number of hydrogen-bond acceptors (Lipinski definition) is 3. The third-order valence-corrected chi connectivity index (χ3v) is 3.33. The van der Waals surface area contributed by atoms with Crippen molar-refractivity contribution in [2.24, 2.45) is 7.05 Å². The van der Waals surface area contributed by atoms with E-state index in [1.807, 2.05) is 6.92 Å². The van der Waals surface area contributed by atoms with Crippen molar-refractivity contribution in [3.8, 4) is 5.75 Å². The maximum absolute atomic E-state index is 13.6. The average Bonchev–Trinajstić information content (AvgIpc) is 2.83. The molecule has 0 saturated heterocycles. The van der Waals surface area contributed by atoms with Crippen molar-refractivity contribution in [1.82, 2.24) is 15.1 Å². The summed E-state index contributed by atoms with van der Waals surface area (Å²) in [5.74, 6) is -0.419. The lowest BCUT2D eigenvalue weighted by atomic mass is 10.2. The van der Waals surface area contributed by atoms with Crippen LogP contribution >= 0.6 is 0 Å². The Hall–Kier alpha value is -2.37. The predicted molar refractivity (Wildman–Crippen MR) is 81.4 cm³/mol. The molecule has 1 aromatic carbocycles. The van der Waals surface area contributed by atoms with E-state index >= 15 is 0 Å². The number of para-hydroxylation sites is 1. The normalized spacial score (nSPS) is 12.0. The molecule has 2 rings (SSSR count). The second-order valence-electron chi connectivity index (χ2n) is 5.09. The molecule has 1 atom stereocenters. The Morgan fingerprint density at radius 3 is 2.77 bits per heavy atom. The largest absolute Gasteiger partial charge is 0.486 e. The molecular weight excluding hydrogens is 285 g/mol. The summed E-state index contributed by atoms with van der Waals surface area (Å²) in [6, 6.07) is 6.24. The molecule has 0 aliphatic heterocycles. The van der Waals surface area contributed by atoms with Gasteiger partial charge in [-0.15, -0.1) is 0 Å². The van der Waals surface area contributed by atoms with Crippen LogP contribution in [0.3, 0.4) is 0 Å². The van der Waals surface area contributed by atoms with Gasteiger partial charge in [-0.3, -0.25) is 9.48 Å². The molecule has 118 valence electrons. The summed E-state index contributed by atoms with van der Waals surface area (Å²) < 4.78 is 20.8. The van der Waals surface area contributed by atoms with Gasteiger partial charge in [0.1, 0.15) is 6.10 Å². The van der Waals surface area contributed by atoms with Gasteiger partial charge >= 0.3 is 0 Å². The van der Waals surface area contributed by atoms with Crippen LogP contribution in [0.4, 0.5) is 4.39 Å². The zero-order valence-electron chi connectivity index (χ0n) is 13.0. The van der Waals surface area contributed by atoms with Crippen LogP contribution in [0, 0.1) is 12.7 Å². The van der Waals surface area contributed by atoms with Crippen LogP contribution in [0.1, 0.15) is 29.4 Å². The van der Waals surface area contributed by atoms with E-state index < -0.39 is 5.82 Å². The first-order chi connectivity index (χ1) is 10.5. The zero-order chi connectivity index (χ0) is 16.1. The van der Waals surface area contributed by atoms with Crippen LogP contribution < -0.4 is 10.1 Å². The van der Waals surface area contributed by atoms with Crippen LogP contribution in [0.2, 0.25) is 0 Å². The molecule has 1 aromatic heterocycles. The number of aryl methyl sites for hydroxylation is 2. The van der Waals surface area contributed by atoms with Gasteiger partial charge < -0.3 is 10.1 Å². The van der Waals surface area contributed by atoms with Crippen LogP contribution in [0.15, 0.2) is 30.5 Å². The van der Waals surface area contributed by atoms with Gasteiger partial charge in [0, 0.05) is 13.2 Å². The fraction of sp³-hybridized carbons (Fsp3) is 0.375. The minimum Gasteiger partial charge on any atom is -0.486 e. The first kappa shape index (κ1) is 16.0. The summed E-state index contributed by atoms with van der Waals surface area (Å²) in [4.78, 5) is 12.1. The molecule has 1 amide bonds. The van der Waals surface area contributed by atoms with Crippen LogP contribution in [-0.2, 0) is 7.05 Å². The van der Waals surface area contributed by atoms with Crippen molar-refractivity contribution in [3.63, 3.8) is 0 Å². The molecule has 0 fully saturated rings. The van der Waals surface area contributed by atoms with E-state index in [0.717, 1.165) is 0 Å². The van der Waals surface area contributed by atoms with Crippen LogP contribution in [0.5, 0.6) is 5.75 Å². The van der Waals surface area contributed by atoms with Crippen LogP contribution in [0.25, 0.3) is 0 Å². The third-order valence-electron chi connectivity index (χ3n) is 3.33. The second-order valence-corrected chi connectivity index (χ2v) is 5.09. The predicted octanol–water partition coefficient (Wildman–Crippen LogP) is 2.46. The highest BCUT2D eigenvalue weighted by Gasteiger charge is 2.16. The summed E-state index contributed by atoms with van der Waals surface area (Å²) >= 11 is 0. The molecule has 1 heterocycles. The summed E-state index contributed by atoms with van der Waals surface area (Å²) in [6.07, 6.45) is 2.03. The fourth-order valence-electron chi connectivity index (χ4n) is 2.11. The summed E-state index contributed by atoms with van der Waals surface area (Å²) in [7, 11) is 1.76. The second kappa shape index (κ2) is 7.06. The molecule has 0 spiro atoms. The Bertz CT molecular complexity index is 655. The van der Waals surface area contributed by atoms with Crippen molar-refractivity contribution in [2.75, 3.05) is 6.54 Å². The molecule has 22 heavy (non-hydrogen) atoms. The Morgan fingerprint density at radius 2 is 2.18 bits per heavy atom. The number of halogens is 1. The van der Waals surface area contributed by atoms with Crippen molar-refractivity contribution in [3.05, 3.63) is 47.5 Å². The van der Waals surface area contributed by atoms with E-state index in [4.69, 9.17) is 4.74 Å². The number of carbonyl (C=O) groups excluding carboxylic acids is 1. The minimum atomic E-state index is -0.407. The Labute approximate surface area is 129 Å². The zero-order valence-corrected chi connectivity index (χ0v) is 13.0. The fourth-order valence-corrected chi connectivity index (χ4v) is 2.11. The van der Waals surface area contributed by atoms with Crippen molar-refractivity contribution < 1.29 is 13.9 Å². The van der Waals surface area contributed by atoms with Gasteiger partial charge in [0.15, 0.2) is 11.6 Å². The molecule has 0 saturated carbocycles. The number of carbonyl (C=O) groups is 1. The molecular formula is C16H20FN3O2. The lowest BCUT2D eigenvalue weighted by molar-refractivity contribution is 0.0924. The quantitative estimate of drug-likeness (QED) is 0.892. The minimum absolute atomic E-state index is 0.196. The maximum Gasteiger partial charge on any atom is 0.254 e. The monoisotopic (exact) mass is 305 g/mol. The van der Waals surface area contributed by atoms with E-state index in [-0.39, 0.29) is 17.8 Å². The van der Waals surface area contributed by atoms with E-state index in [1.165, 1.54) is 6.07 Å². The molecule has 0 aliphatic rings. The summed E-state index contributed by atoms with van der Waals surface area (Å²) in [6.45, 7) is 4.01. The van der Waals surface area contributed by atoms with E-state index in [2.05, 4.69) is 10.4 Å². The van der Waals surface area contributed by atoms with E-state index in [0.29, 0.717) is 24.2 Å². The number of nitrogens with one attached hydrogen (secondary N) is 1. The number of benzene rings is 1. The van der Waals surface area contributed by atoms with Crippen molar-refractivity contribution in [1.29, 1.82) is 0 Å². The lowest BCUT2D eigenvalue weighted by Crippen LogP contribution is -2.35. The molecule has 1 unspecified atom stereocenters. The smallest absolute Gasteiger partial charge is 0.254 e. The first-order valence-electron chi connectivity index (χ1n) is 7.21. The van der Waals surface area contributed by atoms with E-state index in [9.17, 15) is 9.18 Å². The molecule has 0 aliphatic carbocycles. The van der Waals surface area contributed by atoms with Gasteiger partial charge in [-0.2, -0.15) is 5.10 Å². The number of rotatable bonds is 6. The van der Waals surface area contributed by atoms with Gasteiger partial charge in [0.2, 0.25) is 0 Å². The van der Waals surface area contributed by atoms with Crippen molar-refractivity contribution >= 4 is 5.91 Å². The van der Waals surface area contributed by atoms with Gasteiger partial charge in [0.05, 0.1) is 17.8 Å². The summed E-state index contributed by atoms with van der Waals surface area (Å²) in [5, 5.41) is 6.94. The molecule has 0 radical (unpaired) electrons. The first-order valence-corrected chi connectivity index (χ1v) is 7.21. The van der Waals surface area contributed by atoms with Crippen LogP contribution in [-0.4, -0.2) is 28.3 Å². The van der Waals surface area contributed by atoms with Gasteiger partial charge in [-0.25, -0.2) is 4.39 Å². The van der Waals surface area contributed by atoms with Gasteiger partial charge in [-0.05, 0) is 25.5 Å². The molecule has 2 aromatic rings. The standard InChI is InChI=1S/C16H20FN3O2/c1-4-12(22-15-8-6-5-7-14(15)17)9-18-16(21)13-10-20(3)19-11(13)2/h5-8,10,12H,4,9H2,1-3H3,(H,18,21). The summed E-state index contributed by atoms with van der Waals surface area (Å²) in [5.41, 5.74) is 1.20. The average molecular weight is 305 g/mol. The number of amides is 1. The number of hydrogen-bond donors (Lipinski definition) is 1. The highest BCUT2D eigenvalue weighted by Crippen LogP contribution is 2.17. The third kappa shape index (κ3) is 3.84. The molecule has 0 bridgehead atoms. The Kier molecular flexibility index (Phi) is 5.14. The topological polar surface area (TPSA) is 56.2 Å². The number of ether oxygens (including phenoxy) is 1. The Morgan fingerprint density at radius 1 is 1.45 bits per heavy atom. The molecule has 6 heteroatoms. The maximum atomic E-state index is 13.6. The molecule has 5 nitrogen and oxygen atoms in total. The number of nitrogens with zero attached hydrogens (tertiary/aromatic N) is 2. The molecule has 1 N–H and O–H groups in total. The Balaban J connectivity index is 1.95. The SMILES string of the molecule is CCC(CNC(=O)c1cn(C)nc1C)Oc1ccccc1F. The highest BCUT2D eigenvalue weighted by atomic mass is 19.1. The van der Waals surface area contributed by atoms with Crippen molar-refractivity contribution in [2.45, 2.75) is 26.4 Å². The number of aromatic nitrogens is 2.